The van der Waals surface area contributed by atoms with Gasteiger partial charge in [0, 0.05) is 19.7 Å². The molecule has 0 radical (unpaired) electrons. The summed E-state index contributed by atoms with van der Waals surface area (Å²) in [5.74, 6) is 0.215. The quantitative estimate of drug-likeness (QED) is 0.772. The molecule has 1 fully saturated rings. The molecule has 0 aromatic carbocycles. The lowest BCUT2D eigenvalue weighted by Crippen LogP contribution is -2.45. The number of hydrogen-bond acceptors (Lipinski definition) is 3. The SMILES string of the molecule is COC(C)(C)CC(=O)N(CCCN)C1CCCCC1. The fourth-order valence-corrected chi connectivity index (χ4v) is 2.70. The second-order valence-corrected chi connectivity index (χ2v) is 6.16. The van der Waals surface area contributed by atoms with Crippen LogP contribution in [0.5, 0.6) is 0 Å². The van der Waals surface area contributed by atoms with E-state index in [1.807, 2.05) is 13.8 Å². The first-order chi connectivity index (χ1) is 9.00. The van der Waals surface area contributed by atoms with Gasteiger partial charge in [0.2, 0.25) is 5.91 Å². The Morgan fingerprint density at radius 2 is 1.95 bits per heavy atom. The summed E-state index contributed by atoms with van der Waals surface area (Å²) in [6.45, 7) is 5.36. The number of hydrogen-bond donors (Lipinski definition) is 1. The Balaban J connectivity index is 2.63. The molecule has 1 saturated carbocycles. The summed E-state index contributed by atoms with van der Waals surface area (Å²) in [5, 5.41) is 0. The van der Waals surface area contributed by atoms with Crippen LogP contribution in [0.3, 0.4) is 0 Å². The molecular formula is C15H30N2O2. The number of methoxy groups -OCH3 is 1. The predicted molar refractivity (Wildman–Crippen MR) is 78.0 cm³/mol. The van der Waals surface area contributed by atoms with Gasteiger partial charge in [-0.15, -0.1) is 0 Å². The second-order valence-electron chi connectivity index (χ2n) is 6.16. The Labute approximate surface area is 117 Å². The molecule has 0 saturated heterocycles. The van der Waals surface area contributed by atoms with Gasteiger partial charge in [-0.25, -0.2) is 0 Å². The van der Waals surface area contributed by atoms with Gasteiger partial charge in [0.25, 0.3) is 0 Å². The van der Waals surface area contributed by atoms with Crippen molar-refractivity contribution in [3.8, 4) is 0 Å². The molecule has 1 aliphatic rings. The first kappa shape index (κ1) is 16.4. The molecule has 0 heterocycles. The lowest BCUT2D eigenvalue weighted by atomic mass is 9.93. The minimum absolute atomic E-state index is 0.215. The average Bonchev–Trinajstić information content (AvgIpc) is 2.40. The molecule has 0 unspecified atom stereocenters. The molecule has 4 heteroatoms. The van der Waals surface area contributed by atoms with Gasteiger partial charge in [-0.2, -0.15) is 0 Å². The lowest BCUT2D eigenvalue weighted by molar-refractivity contribution is -0.139. The van der Waals surface area contributed by atoms with E-state index < -0.39 is 0 Å². The van der Waals surface area contributed by atoms with Crippen molar-refractivity contribution in [2.45, 2.75) is 70.4 Å². The molecule has 1 amide bonds. The first-order valence-electron chi connectivity index (χ1n) is 7.55. The number of rotatable bonds is 7. The van der Waals surface area contributed by atoms with Gasteiger partial charge >= 0.3 is 0 Å². The molecule has 19 heavy (non-hydrogen) atoms. The molecule has 0 spiro atoms. The van der Waals surface area contributed by atoms with Crippen molar-refractivity contribution in [1.82, 2.24) is 4.90 Å². The highest BCUT2D eigenvalue weighted by atomic mass is 16.5. The van der Waals surface area contributed by atoms with E-state index >= 15 is 0 Å². The van der Waals surface area contributed by atoms with Gasteiger partial charge in [-0.3, -0.25) is 4.79 Å². The van der Waals surface area contributed by atoms with Crippen LogP contribution in [0, 0.1) is 0 Å². The zero-order valence-corrected chi connectivity index (χ0v) is 12.8. The number of carbonyl (C=O) groups excluding carboxylic acids is 1. The summed E-state index contributed by atoms with van der Waals surface area (Å²) in [5.41, 5.74) is 5.22. The van der Waals surface area contributed by atoms with Crippen molar-refractivity contribution in [3.63, 3.8) is 0 Å². The van der Waals surface area contributed by atoms with E-state index in [9.17, 15) is 4.79 Å². The van der Waals surface area contributed by atoms with Crippen molar-refractivity contribution >= 4 is 5.91 Å². The van der Waals surface area contributed by atoms with Crippen LogP contribution in [0.4, 0.5) is 0 Å². The third-order valence-corrected chi connectivity index (χ3v) is 4.07. The third-order valence-electron chi connectivity index (χ3n) is 4.07. The van der Waals surface area contributed by atoms with Crippen LogP contribution in [-0.4, -0.2) is 42.6 Å². The number of amides is 1. The average molecular weight is 270 g/mol. The Kier molecular flexibility index (Phi) is 6.80. The van der Waals surface area contributed by atoms with E-state index in [4.69, 9.17) is 10.5 Å². The maximum absolute atomic E-state index is 12.5. The van der Waals surface area contributed by atoms with Crippen LogP contribution in [0.1, 0.15) is 58.8 Å². The number of nitrogens with two attached hydrogens (primary N) is 1. The molecule has 0 aromatic heterocycles. The first-order valence-corrected chi connectivity index (χ1v) is 7.55. The van der Waals surface area contributed by atoms with Crippen molar-refractivity contribution < 1.29 is 9.53 Å². The van der Waals surface area contributed by atoms with Gasteiger partial charge in [0.15, 0.2) is 0 Å². The van der Waals surface area contributed by atoms with E-state index in [1.54, 1.807) is 7.11 Å². The second kappa shape index (κ2) is 7.85. The molecule has 1 aliphatic carbocycles. The number of ether oxygens (including phenoxy) is 1. The minimum atomic E-state index is -0.382. The summed E-state index contributed by atoms with van der Waals surface area (Å²) in [6, 6.07) is 0.417. The Morgan fingerprint density at radius 1 is 1.32 bits per heavy atom. The smallest absolute Gasteiger partial charge is 0.225 e. The molecule has 4 nitrogen and oxygen atoms in total. The van der Waals surface area contributed by atoms with E-state index in [0.29, 0.717) is 19.0 Å². The summed E-state index contributed by atoms with van der Waals surface area (Å²) < 4.78 is 5.38. The Morgan fingerprint density at radius 3 is 2.47 bits per heavy atom. The van der Waals surface area contributed by atoms with Crippen molar-refractivity contribution in [2.75, 3.05) is 20.2 Å². The van der Waals surface area contributed by atoms with Crippen molar-refractivity contribution in [3.05, 3.63) is 0 Å². The summed E-state index contributed by atoms with van der Waals surface area (Å²) in [7, 11) is 1.66. The molecular weight excluding hydrogens is 240 g/mol. The standard InChI is InChI=1S/C15H30N2O2/c1-15(2,19-3)12-14(18)17(11-7-10-16)13-8-5-4-6-9-13/h13H,4-12,16H2,1-3H3. The molecule has 0 atom stereocenters. The van der Waals surface area contributed by atoms with E-state index in [1.165, 1.54) is 19.3 Å². The monoisotopic (exact) mass is 270 g/mol. The Bertz CT molecular complexity index is 273. The van der Waals surface area contributed by atoms with Crippen LogP contribution in [-0.2, 0) is 9.53 Å². The molecule has 1 rings (SSSR count). The summed E-state index contributed by atoms with van der Waals surface area (Å²) in [6.07, 6.45) is 7.40. The largest absolute Gasteiger partial charge is 0.378 e. The van der Waals surface area contributed by atoms with E-state index in [2.05, 4.69) is 4.90 Å². The molecule has 0 aliphatic heterocycles. The maximum atomic E-state index is 12.5. The van der Waals surface area contributed by atoms with Gasteiger partial charge < -0.3 is 15.4 Å². The molecule has 0 bridgehead atoms. The van der Waals surface area contributed by atoms with Gasteiger partial charge in [-0.1, -0.05) is 19.3 Å². The van der Waals surface area contributed by atoms with Gasteiger partial charge in [0.1, 0.15) is 0 Å². The number of nitrogens with zero attached hydrogens (tertiary/aromatic N) is 1. The Hall–Kier alpha value is -0.610. The van der Waals surface area contributed by atoms with Crippen LogP contribution in [0.2, 0.25) is 0 Å². The fraction of sp³-hybridized carbons (Fsp3) is 0.933. The zero-order chi connectivity index (χ0) is 14.3. The summed E-state index contributed by atoms with van der Waals surface area (Å²) >= 11 is 0. The highest BCUT2D eigenvalue weighted by molar-refractivity contribution is 5.77. The topological polar surface area (TPSA) is 55.6 Å². The van der Waals surface area contributed by atoms with Crippen LogP contribution in [0.25, 0.3) is 0 Å². The number of carbonyl (C=O) groups is 1. The van der Waals surface area contributed by atoms with Gasteiger partial charge in [0.05, 0.1) is 12.0 Å². The predicted octanol–water partition coefficient (Wildman–Crippen LogP) is 2.31. The van der Waals surface area contributed by atoms with Crippen molar-refractivity contribution in [2.24, 2.45) is 5.73 Å². The van der Waals surface area contributed by atoms with Crippen LogP contribution < -0.4 is 5.73 Å². The highest BCUT2D eigenvalue weighted by Crippen LogP contribution is 2.25. The van der Waals surface area contributed by atoms with Crippen LogP contribution >= 0.6 is 0 Å². The zero-order valence-electron chi connectivity index (χ0n) is 12.8. The maximum Gasteiger partial charge on any atom is 0.225 e. The normalized spacial score (nSPS) is 17.5. The minimum Gasteiger partial charge on any atom is -0.378 e. The van der Waals surface area contributed by atoms with E-state index in [0.717, 1.165) is 25.8 Å². The fourth-order valence-electron chi connectivity index (χ4n) is 2.70. The molecule has 2 N–H and O–H groups in total. The molecule has 0 aromatic rings. The van der Waals surface area contributed by atoms with Crippen LogP contribution in [0.15, 0.2) is 0 Å². The van der Waals surface area contributed by atoms with Gasteiger partial charge in [-0.05, 0) is 39.7 Å². The summed E-state index contributed by atoms with van der Waals surface area (Å²) in [4.78, 5) is 14.6. The highest BCUT2D eigenvalue weighted by Gasteiger charge is 2.29. The van der Waals surface area contributed by atoms with E-state index in [-0.39, 0.29) is 11.5 Å². The third kappa shape index (κ3) is 5.49. The van der Waals surface area contributed by atoms with Crippen molar-refractivity contribution in [1.29, 1.82) is 0 Å². The lowest BCUT2D eigenvalue weighted by Gasteiger charge is -2.36. The molecule has 112 valence electrons.